The highest BCUT2D eigenvalue weighted by Crippen LogP contribution is 2.58. The van der Waals surface area contributed by atoms with Gasteiger partial charge in [0, 0.05) is 27.2 Å². The van der Waals surface area contributed by atoms with Crippen LogP contribution in [0.5, 0.6) is 0 Å². The van der Waals surface area contributed by atoms with E-state index in [9.17, 15) is 18.5 Å². The first-order chi connectivity index (χ1) is 15.6. The van der Waals surface area contributed by atoms with Crippen molar-refractivity contribution >= 4 is 47.0 Å². The molecule has 1 fully saturated rings. The van der Waals surface area contributed by atoms with Gasteiger partial charge in [0.2, 0.25) is 5.91 Å². The highest BCUT2D eigenvalue weighted by atomic mass is 127. The van der Waals surface area contributed by atoms with Crippen molar-refractivity contribution in [3.63, 3.8) is 0 Å². The van der Waals surface area contributed by atoms with E-state index in [-0.39, 0.29) is 34.6 Å². The number of benzene rings is 2. The predicted molar refractivity (Wildman–Crippen MR) is 133 cm³/mol. The monoisotopic (exact) mass is 611 g/mol. The first kappa shape index (κ1) is 26.5. The second kappa shape index (κ2) is 10.7. The SMILES string of the molecule is CCC1(C(F)(F)SI)CC(CCC(O)c2cccc(F)c2)N(S(=O)c2ccc(C)cc2)C1=O. The lowest BCUT2D eigenvalue weighted by Crippen LogP contribution is -2.45. The quantitative estimate of drug-likeness (QED) is 0.336. The maximum Gasteiger partial charge on any atom is 0.317 e. The summed E-state index contributed by atoms with van der Waals surface area (Å²) in [7, 11) is -1.69. The zero-order chi connectivity index (χ0) is 24.4. The first-order valence-electron chi connectivity index (χ1n) is 10.5. The molecule has 4 unspecified atom stereocenters. The van der Waals surface area contributed by atoms with Crippen molar-refractivity contribution in [3.8, 4) is 0 Å². The van der Waals surface area contributed by atoms with Gasteiger partial charge in [-0.2, -0.15) is 8.78 Å². The maximum atomic E-state index is 15.1. The molecule has 1 saturated heterocycles. The molecular formula is C23H25F3INO3S2. The molecule has 4 nitrogen and oxygen atoms in total. The Morgan fingerprint density at radius 2 is 1.97 bits per heavy atom. The summed E-state index contributed by atoms with van der Waals surface area (Å²) in [5.41, 5.74) is -0.692. The smallest absolute Gasteiger partial charge is 0.317 e. The molecule has 1 N–H and O–H groups in total. The van der Waals surface area contributed by atoms with Crippen molar-refractivity contribution in [2.45, 2.75) is 61.8 Å². The number of halogens is 4. The predicted octanol–water partition coefficient (Wildman–Crippen LogP) is 6.34. The van der Waals surface area contributed by atoms with E-state index in [2.05, 4.69) is 0 Å². The number of aliphatic hydroxyl groups excluding tert-OH is 1. The minimum absolute atomic E-state index is 0.103. The number of amides is 1. The molecule has 1 amide bonds. The van der Waals surface area contributed by atoms with Crippen molar-refractivity contribution < 1.29 is 27.3 Å². The molecule has 10 heteroatoms. The Kier molecular flexibility index (Phi) is 8.56. The average molecular weight is 611 g/mol. The maximum absolute atomic E-state index is 15.1. The largest absolute Gasteiger partial charge is 0.388 e. The summed E-state index contributed by atoms with van der Waals surface area (Å²) in [6, 6.07) is 11.5. The number of rotatable bonds is 9. The van der Waals surface area contributed by atoms with Gasteiger partial charge in [0.25, 0.3) is 0 Å². The van der Waals surface area contributed by atoms with Crippen LogP contribution in [0.25, 0.3) is 0 Å². The van der Waals surface area contributed by atoms with E-state index in [4.69, 9.17) is 0 Å². The Labute approximate surface area is 210 Å². The fourth-order valence-corrected chi connectivity index (χ4v) is 7.30. The third-order valence-electron chi connectivity index (χ3n) is 6.19. The summed E-state index contributed by atoms with van der Waals surface area (Å²) in [4.78, 5) is 13.8. The van der Waals surface area contributed by atoms with Crippen LogP contribution in [0.4, 0.5) is 13.2 Å². The molecule has 0 aromatic heterocycles. The van der Waals surface area contributed by atoms with Crippen LogP contribution in [-0.2, 0) is 15.8 Å². The van der Waals surface area contributed by atoms with Crippen molar-refractivity contribution in [2.75, 3.05) is 0 Å². The summed E-state index contributed by atoms with van der Waals surface area (Å²) in [6.45, 7) is 3.40. The molecule has 33 heavy (non-hydrogen) atoms. The number of nitrogens with zero attached hydrogens (tertiary/aromatic N) is 1. The summed E-state index contributed by atoms with van der Waals surface area (Å²) in [5, 5.41) is 7.18. The van der Waals surface area contributed by atoms with Crippen molar-refractivity contribution in [1.29, 1.82) is 0 Å². The standard InChI is InChI=1S/C23H25F3INO3S2/c1-3-22(23(25,26)32-27)14-18(9-12-20(29)16-5-4-6-17(24)13-16)28(21(22)30)33(31)19-10-7-15(2)8-11-19/h4-8,10-11,13,18,20,29H,3,9,12,14H2,1-2H3. The molecule has 0 saturated carbocycles. The van der Waals surface area contributed by atoms with Crippen LogP contribution in [0, 0.1) is 18.2 Å². The van der Waals surface area contributed by atoms with Crippen molar-refractivity contribution in [3.05, 3.63) is 65.5 Å². The summed E-state index contributed by atoms with van der Waals surface area (Å²) < 4.78 is 58.1. The van der Waals surface area contributed by atoms with Gasteiger partial charge in [-0.1, -0.05) is 36.8 Å². The fourth-order valence-electron chi connectivity index (χ4n) is 4.20. The normalized spacial score (nSPS) is 23.1. The second-order valence-electron chi connectivity index (χ2n) is 8.23. The summed E-state index contributed by atoms with van der Waals surface area (Å²) >= 11 is 1.50. The van der Waals surface area contributed by atoms with Gasteiger partial charge in [-0.05, 0) is 71.4 Å². The number of aryl methyl sites for hydroxylation is 1. The van der Waals surface area contributed by atoms with Gasteiger partial charge in [0.05, 0.1) is 11.0 Å². The molecule has 1 heterocycles. The van der Waals surface area contributed by atoms with E-state index in [0.717, 1.165) is 9.87 Å². The van der Waals surface area contributed by atoms with Gasteiger partial charge in [-0.3, -0.25) is 9.10 Å². The minimum Gasteiger partial charge on any atom is -0.388 e. The Morgan fingerprint density at radius 1 is 1.30 bits per heavy atom. The van der Waals surface area contributed by atoms with E-state index < -0.39 is 45.5 Å². The van der Waals surface area contributed by atoms with Gasteiger partial charge in [0.1, 0.15) is 11.2 Å². The number of carbonyl (C=O) groups is 1. The molecule has 4 atom stereocenters. The van der Waals surface area contributed by atoms with Gasteiger partial charge >= 0.3 is 5.25 Å². The Balaban J connectivity index is 1.92. The second-order valence-corrected chi connectivity index (χ2v) is 11.6. The average Bonchev–Trinajstić information content (AvgIpc) is 3.10. The Bertz CT molecular complexity index is 1020. The fraction of sp³-hybridized carbons (Fsp3) is 0.435. The van der Waals surface area contributed by atoms with E-state index in [1.807, 2.05) is 6.92 Å². The highest BCUT2D eigenvalue weighted by Gasteiger charge is 2.65. The van der Waals surface area contributed by atoms with Crippen LogP contribution < -0.4 is 0 Å². The van der Waals surface area contributed by atoms with Gasteiger partial charge in [0.15, 0.2) is 11.0 Å². The third-order valence-corrected chi connectivity index (χ3v) is 9.93. The molecule has 1 aliphatic heterocycles. The zero-order valence-corrected chi connectivity index (χ0v) is 21.9. The van der Waals surface area contributed by atoms with E-state index in [1.165, 1.54) is 46.3 Å². The number of aliphatic hydroxyl groups is 1. The topological polar surface area (TPSA) is 57.6 Å². The van der Waals surface area contributed by atoms with Gasteiger partial charge in [-0.25, -0.2) is 8.60 Å². The van der Waals surface area contributed by atoms with Crippen LogP contribution in [0.15, 0.2) is 53.4 Å². The van der Waals surface area contributed by atoms with E-state index in [1.54, 1.807) is 30.3 Å². The molecule has 0 aliphatic carbocycles. The minimum atomic E-state index is -3.36. The van der Waals surface area contributed by atoms with Crippen molar-refractivity contribution in [1.82, 2.24) is 4.31 Å². The summed E-state index contributed by atoms with van der Waals surface area (Å²) in [5.74, 6) is -1.34. The molecule has 2 aromatic carbocycles. The van der Waals surface area contributed by atoms with Crippen LogP contribution in [0.1, 0.15) is 49.8 Å². The molecule has 0 bridgehead atoms. The lowest BCUT2D eigenvalue weighted by atomic mass is 9.81. The summed E-state index contributed by atoms with van der Waals surface area (Å²) in [6.07, 6.45) is -1.09. The van der Waals surface area contributed by atoms with Crippen LogP contribution >= 0.6 is 30.1 Å². The molecule has 0 radical (unpaired) electrons. The van der Waals surface area contributed by atoms with E-state index >= 15 is 8.78 Å². The van der Waals surface area contributed by atoms with E-state index in [0.29, 0.717) is 10.5 Å². The third kappa shape index (κ3) is 5.28. The van der Waals surface area contributed by atoms with Gasteiger partial charge in [-0.15, -0.1) is 0 Å². The Morgan fingerprint density at radius 3 is 2.55 bits per heavy atom. The Hall–Kier alpha value is -1.11. The number of carbonyl (C=O) groups excluding carboxylic acids is 1. The van der Waals surface area contributed by atoms with Gasteiger partial charge < -0.3 is 5.11 Å². The molecule has 2 aromatic rings. The number of hydrogen-bond acceptors (Lipinski definition) is 4. The lowest BCUT2D eigenvalue weighted by molar-refractivity contribution is -0.143. The molecule has 0 spiro atoms. The molecular weight excluding hydrogens is 586 g/mol. The van der Waals surface area contributed by atoms with Crippen molar-refractivity contribution in [2.24, 2.45) is 5.41 Å². The first-order valence-corrected chi connectivity index (χ1v) is 15.0. The van der Waals surface area contributed by atoms with Crippen LogP contribution in [-0.4, -0.2) is 30.8 Å². The number of alkyl halides is 2. The van der Waals surface area contributed by atoms with Crippen LogP contribution in [0.2, 0.25) is 0 Å². The molecule has 180 valence electrons. The molecule has 1 aliphatic rings. The molecule has 3 rings (SSSR count). The zero-order valence-electron chi connectivity index (χ0n) is 18.1. The highest BCUT2D eigenvalue weighted by molar-refractivity contribution is 14.2. The lowest BCUT2D eigenvalue weighted by Gasteiger charge is -2.32. The van der Waals surface area contributed by atoms with Crippen LogP contribution in [0.3, 0.4) is 0 Å². The number of hydrogen-bond donors (Lipinski definition) is 1.